The minimum absolute atomic E-state index is 0.0938. The number of aryl methyl sites for hydroxylation is 3. The van der Waals surface area contributed by atoms with Crippen LogP contribution in [0, 0.1) is 26.7 Å². The van der Waals surface area contributed by atoms with Gasteiger partial charge in [-0.25, -0.2) is 0 Å². The van der Waals surface area contributed by atoms with E-state index in [4.69, 9.17) is 15.8 Å². The highest BCUT2D eigenvalue weighted by molar-refractivity contribution is 7.82. The number of carbonyl (C=O) groups is 1. The van der Waals surface area contributed by atoms with Gasteiger partial charge in [0, 0.05) is 5.92 Å². The molecule has 3 N–H and O–H groups in total. The molecule has 29 heavy (non-hydrogen) atoms. The van der Waals surface area contributed by atoms with Gasteiger partial charge in [0.15, 0.2) is 5.75 Å². The number of nitrogens with one attached hydrogen (secondary N) is 2. The zero-order valence-corrected chi connectivity index (χ0v) is 19.0. The number of rotatable bonds is 7. The second-order valence-electron chi connectivity index (χ2n) is 7.26. The molecule has 0 heterocycles. The minimum Gasteiger partial charge on any atom is -0.504 e. The van der Waals surface area contributed by atoms with Gasteiger partial charge in [-0.05, 0) is 49.9 Å². The normalized spacial score (nSPS) is 12.0. The Morgan fingerprint density at radius 3 is 2.28 bits per heavy atom. The Kier molecular flexibility index (Phi) is 7.54. The van der Waals surface area contributed by atoms with Gasteiger partial charge in [0.05, 0.1) is 16.4 Å². The SMILES string of the molecule is CCc1c(NS(=O)Oc2c(C)cc(C)cc2C)cc(NC(=O)C(C)C)c(O)c1Cl. The van der Waals surface area contributed by atoms with Gasteiger partial charge in [-0.15, -0.1) is 0 Å². The van der Waals surface area contributed by atoms with Crippen molar-refractivity contribution in [2.75, 3.05) is 10.0 Å². The van der Waals surface area contributed by atoms with E-state index < -0.39 is 11.3 Å². The van der Waals surface area contributed by atoms with Crippen molar-refractivity contribution in [1.29, 1.82) is 0 Å². The van der Waals surface area contributed by atoms with E-state index in [0.29, 0.717) is 23.4 Å². The summed E-state index contributed by atoms with van der Waals surface area (Å²) in [5.41, 5.74) is 3.98. The van der Waals surface area contributed by atoms with Crippen molar-refractivity contribution in [3.05, 3.63) is 45.5 Å². The first-order valence-electron chi connectivity index (χ1n) is 9.34. The molecule has 2 rings (SSSR count). The Hall–Kier alpha value is -2.25. The van der Waals surface area contributed by atoms with E-state index in [-0.39, 0.29) is 28.3 Å². The number of hydrogen-bond donors (Lipinski definition) is 3. The summed E-state index contributed by atoms with van der Waals surface area (Å²) in [6, 6.07) is 5.42. The number of aromatic hydroxyl groups is 1. The molecule has 0 radical (unpaired) electrons. The Bertz CT molecular complexity index is 937. The summed E-state index contributed by atoms with van der Waals surface area (Å²) in [6.45, 7) is 11.1. The predicted molar refractivity (Wildman–Crippen MR) is 119 cm³/mol. The minimum atomic E-state index is -1.91. The number of halogens is 1. The van der Waals surface area contributed by atoms with Crippen LogP contribution in [0.2, 0.25) is 5.02 Å². The van der Waals surface area contributed by atoms with Crippen LogP contribution in [0.25, 0.3) is 0 Å². The zero-order valence-electron chi connectivity index (χ0n) is 17.5. The first-order valence-corrected chi connectivity index (χ1v) is 10.8. The summed E-state index contributed by atoms with van der Waals surface area (Å²) in [7, 11) is 0. The zero-order chi connectivity index (χ0) is 21.9. The van der Waals surface area contributed by atoms with Crippen molar-refractivity contribution < 1.29 is 18.3 Å². The van der Waals surface area contributed by atoms with Gasteiger partial charge in [-0.3, -0.25) is 9.52 Å². The summed E-state index contributed by atoms with van der Waals surface area (Å²) in [4.78, 5) is 12.0. The number of anilines is 2. The lowest BCUT2D eigenvalue weighted by Crippen LogP contribution is -2.19. The van der Waals surface area contributed by atoms with Crippen molar-refractivity contribution >= 4 is 40.1 Å². The van der Waals surface area contributed by atoms with E-state index in [9.17, 15) is 14.1 Å². The fourth-order valence-electron chi connectivity index (χ4n) is 2.97. The van der Waals surface area contributed by atoms with Gasteiger partial charge >= 0.3 is 11.3 Å². The molecule has 2 aromatic carbocycles. The number of amides is 1. The van der Waals surface area contributed by atoms with Gasteiger partial charge < -0.3 is 14.6 Å². The van der Waals surface area contributed by atoms with Gasteiger partial charge in [0.1, 0.15) is 5.75 Å². The van der Waals surface area contributed by atoms with Crippen molar-refractivity contribution in [2.45, 2.75) is 48.0 Å². The first kappa shape index (κ1) is 23.0. The summed E-state index contributed by atoms with van der Waals surface area (Å²) in [5.74, 6) is -0.229. The molecule has 0 aliphatic carbocycles. The average molecular weight is 439 g/mol. The third-order valence-electron chi connectivity index (χ3n) is 4.43. The fourth-order valence-corrected chi connectivity index (χ4v) is 4.13. The van der Waals surface area contributed by atoms with Gasteiger partial charge in [0.2, 0.25) is 5.91 Å². The van der Waals surface area contributed by atoms with Gasteiger partial charge in [0.25, 0.3) is 0 Å². The highest BCUT2D eigenvalue weighted by Crippen LogP contribution is 2.40. The molecule has 1 atom stereocenters. The first-order chi connectivity index (χ1) is 13.5. The second-order valence-corrected chi connectivity index (χ2v) is 8.48. The van der Waals surface area contributed by atoms with E-state index in [1.54, 1.807) is 13.8 Å². The van der Waals surface area contributed by atoms with Crippen molar-refractivity contribution in [2.24, 2.45) is 5.92 Å². The van der Waals surface area contributed by atoms with E-state index in [1.165, 1.54) is 6.07 Å². The molecule has 0 saturated carbocycles. The van der Waals surface area contributed by atoms with Gasteiger partial charge in [-0.1, -0.05) is 50.1 Å². The van der Waals surface area contributed by atoms with Crippen molar-refractivity contribution in [1.82, 2.24) is 0 Å². The maximum atomic E-state index is 12.7. The van der Waals surface area contributed by atoms with Crippen molar-refractivity contribution in [3.8, 4) is 11.5 Å². The average Bonchev–Trinajstić information content (AvgIpc) is 2.62. The molecule has 8 heteroatoms. The quantitative estimate of drug-likeness (QED) is 0.409. The molecule has 0 spiro atoms. The number of phenolic OH excluding ortho intramolecular Hbond substituents is 1. The fraction of sp³-hybridized carbons (Fsp3) is 0.381. The number of hydrogen-bond acceptors (Lipinski definition) is 4. The summed E-state index contributed by atoms with van der Waals surface area (Å²) in [6.07, 6.45) is 0.479. The maximum absolute atomic E-state index is 12.7. The molecule has 0 bridgehead atoms. The molecule has 0 saturated heterocycles. The molecule has 0 aromatic heterocycles. The highest BCUT2D eigenvalue weighted by Gasteiger charge is 2.20. The monoisotopic (exact) mass is 438 g/mol. The Labute approximate surface area is 179 Å². The summed E-state index contributed by atoms with van der Waals surface area (Å²) < 4.78 is 21.1. The third-order valence-corrected chi connectivity index (χ3v) is 5.55. The lowest BCUT2D eigenvalue weighted by Gasteiger charge is -2.18. The maximum Gasteiger partial charge on any atom is 0.316 e. The van der Waals surface area contributed by atoms with E-state index in [2.05, 4.69) is 10.0 Å². The molecule has 0 aliphatic rings. The van der Waals surface area contributed by atoms with Gasteiger partial charge in [-0.2, -0.15) is 4.21 Å². The van der Waals surface area contributed by atoms with Crippen molar-refractivity contribution in [3.63, 3.8) is 0 Å². The molecule has 158 valence electrons. The van der Waals surface area contributed by atoms with E-state index in [1.807, 2.05) is 39.8 Å². The smallest absolute Gasteiger partial charge is 0.316 e. The topological polar surface area (TPSA) is 87.7 Å². The van der Waals surface area contributed by atoms with Crippen LogP contribution in [0.3, 0.4) is 0 Å². The molecule has 1 amide bonds. The largest absolute Gasteiger partial charge is 0.504 e. The number of benzene rings is 2. The van der Waals surface area contributed by atoms with Crippen LogP contribution in [0.5, 0.6) is 11.5 Å². The number of carbonyl (C=O) groups excluding carboxylic acids is 1. The predicted octanol–water partition coefficient (Wildman–Crippen LogP) is 5.20. The van der Waals surface area contributed by atoms with Crippen LogP contribution in [0.1, 0.15) is 43.0 Å². The molecule has 2 aromatic rings. The standard InChI is InChI=1S/C21H27ClN2O4S/c1-7-15-16(10-17(19(25)18(15)22)23-21(26)11(2)3)24-29(27)28-20-13(5)8-12(4)9-14(20)6/h8-11,24-25H,7H2,1-6H3,(H,23,26). The Morgan fingerprint density at radius 1 is 1.17 bits per heavy atom. The van der Waals surface area contributed by atoms with Crippen LogP contribution >= 0.6 is 11.6 Å². The van der Waals surface area contributed by atoms with Crippen LogP contribution in [-0.2, 0) is 22.5 Å². The van der Waals surface area contributed by atoms with Crippen LogP contribution in [0.4, 0.5) is 11.4 Å². The van der Waals surface area contributed by atoms with Crippen LogP contribution < -0.4 is 14.2 Å². The second kappa shape index (κ2) is 9.50. The van der Waals surface area contributed by atoms with Crippen LogP contribution in [0.15, 0.2) is 18.2 Å². The molecular weight excluding hydrogens is 412 g/mol. The lowest BCUT2D eigenvalue weighted by atomic mass is 10.1. The Balaban J connectivity index is 2.35. The van der Waals surface area contributed by atoms with E-state index >= 15 is 0 Å². The molecule has 1 unspecified atom stereocenters. The third kappa shape index (κ3) is 5.42. The summed E-state index contributed by atoms with van der Waals surface area (Å²) >= 11 is 4.39. The molecule has 6 nitrogen and oxygen atoms in total. The Morgan fingerprint density at radius 2 is 1.76 bits per heavy atom. The van der Waals surface area contributed by atoms with E-state index in [0.717, 1.165) is 16.7 Å². The molecule has 0 fully saturated rings. The number of phenols is 1. The van der Waals surface area contributed by atoms with Crippen LogP contribution in [-0.4, -0.2) is 15.2 Å². The molecular formula is C21H27ClN2O4S. The highest BCUT2D eigenvalue weighted by atomic mass is 35.5. The lowest BCUT2D eigenvalue weighted by molar-refractivity contribution is -0.118. The molecule has 0 aliphatic heterocycles. The summed E-state index contributed by atoms with van der Waals surface area (Å²) in [5, 5.41) is 13.1.